The molecule has 5 nitrogen and oxygen atoms in total. The minimum Gasteiger partial charge on any atom is -0.384 e. The molecule has 1 atom stereocenters. The van der Waals surface area contributed by atoms with E-state index >= 15 is 0 Å². The van der Waals surface area contributed by atoms with Gasteiger partial charge in [-0.05, 0) is 11.6 Å². The van der Waals surface area contributed by atoms with Gasteiger partial charge < -0.3 is 4.74 Å². The van der Waals surface area contributed by atoms with E-state index in [1.165, 1.54) is 16.8 Å². The highest BCUT2D eigenvalue weighted by atomic mass is 16.5. The smallest absolute Gasteiger partial charge is 0.0558 e. The first kappa shape index (κ1) is 13.3. The summed E-state index contributed by atoms with van der Waals surface area (Å²) in [6, 6.07) is 4.11. The number of nitrogens with zero attached hydrogens (tertiary/aromatic N) is 4. The normalized spacial score (nSPS) is 19.0. The van der Waals surface area contributed by atoms with Gasteiger partial charge >= 0.3 is 0 Å². The molecule has 0 aliphatic carbocycles. The van der Waals surface area contributed by atoms with Crippen LogP contribution < -0.4 is 0 Å². The van der Waals surface area contributed by atoms with Gasteiger partial charge in [0, 0.05) is 63.4 Å². The summed E-state index contributed by atoms with van der Waals surface area (Å²) in [5, 5.41) is 4.39. The largest absolute Gasteiger partial charge is 0.384 e. The zero-order valence-electron chi connectivity index (χ0n) is 12.0. The van der Waals surface area contributed by atoms with Crippen LogP contribution in [0.25, 0.3) is 0 Å². The van der Waals surface area contributed by atoms with E-state index in [2.05, 4.69) is 21.0 Å². The van der Waals surface area contributed by atoms with E-state index in [0.717, 1.165) is 26.2 Å². The molecule has 3 heterocycles. The lowest BCUT2D eigenvalue weighted by Crippen LogP contribution is -2.35. The van der Waals surface area contributed by atoms with Gasteiger partial charge in [-0.15, -0.1) is 0 Å². The van der Waals surface area contributed by atoms with E-state index in [-0.39, 0.29) is 0 Å². The number of methoxy groups -OCH3 is 1. The Morgan fingerprint density at radius 1 is 1.40 bits per heavy atom. The molecular formula is C15H20N4O. The third kappa shape index (κ3) is 2.59. The van der Waals surface area contributed by atoms with Crippen LogP contribution in [0.5, 0.6) is 0 Å². The molecule has 2 aromatic heterocycles. The fraction of sp³-hybridized carbons (Fsp3) is 0.467. The van der Waals surface area contributed by atoms with Gasteiger partial charge in [-0.25, -0.2) is 0 Å². The molecule has 0 N–H and O–H groups in total. The first-order valence-corrected chi connectivity index (χ1v) is 6.89. The second-order valence-electron chi connectivity index (χ2n) is 5.36. The summed E-state index contributed by atoms with van der Waals surface area (Å²) >= 11 is 0. The van der Waals surface area contributed by atoms with Crippen molar-refractivity contribution >= 4 is 0 Å². The van der Waals surface area contributed by atoms with Crippen molar-refractivity contribution in [3.8, 4) is 0 Å². The molecule has 0 fully saturated rings. The summed E-state index contributed by atoms with van der Waals surface area (Å²) in [4.78, 5) is 6.62. The van der Waals surface area contributed by atoms with Crippen molar-refractivity contribution in [1.82, 2.24) is 19.7 Å². The maximum absolute atomic E-state index is 5.38. The number of fused-ring (bicyclic) bond motifs is 1. The predicted molar refractivity (Wildman–Crippen MR) is 76.2 cm³/mol. The molecular weight excluding hydrogens is 252 g/mol. The number of hydrogen-bond donors (Lipinski definition) is 0. The number of rotatable bonds is 4. The molecule has 1 aliphatic heterocycles. The lowest BCUT2D eigenvalue weighted by atomic mass is 9.96. The first-order chi connectivity index (χ1) is 9.78. The topological polar surface area (TPSA) is 43.2 Å². The minimum atomic E-state index is 0.382. The van der Waals surface area contributed by atoms with Crippen LogP contribution in [0.2, 0.25) is 0 Å². The lowest BCUT2D eigenvalue weighted by Gasteiger charge is -2.32. The SMILES string of the molecule is COC[C@H]1CN(Cc2cccnc2)Cc2cnn(C)c21. The van der Waals surface area contributed by atoms with Gasteiger partial charge in [0.2, 0.25) is 0 Å². The monoisotopic (exact) mass is 272 g/mol. The van der Waals surface area contributed by atoms with Gasteiger partial charge in [-0.2, -0.15) is 5.10 Å². The second-order valence-corrected chi connectivity index (χ2v) is 5.36. The molecule has 0 spiro atoms. The summed E-state index contributed by atoms with van der Waals surface area (Å²) in [5.41, 5.74) is 3.87. The van der Waals surface area contributed by atoms with Crippen LogP contribution in [0.3, 0.4) is 0 Å². The van der Waals surface area contributed by atoms with Gasteiger partial charge in [-0.1, -0.05) is 6.07 Å². The van der Waals surface area contributed by atoms with Gasteiger partial charge in [0.05, 0.1) is 12.8 Å². The molecule has 0 amide bonds. The molecule has 0 bridgehead atoms. The summed E-state index contributed by atoms with van der Waals surface area (Å²) < 4.78 is 7.37. The molecule has 2 aromatic rings. The van der Waals surface area contributed by atoms with Gasteiger partial charge in [0.15, 0.2) is 0 Å². The van der Waals surface area contributed by atoms with E-state index in [1.807, 2.05) is 36.4 Å². The van der Waals surface area contributed by atoms with Crippen molar-refractivity contribution in [2.75, 3.05) is 20.3 Å². The predicted octanol–water partition coefficient (Wildman–Crippen LogP) is 1.56. The molecule has 0 saturated heterocycles. The van der Waals surface area contributed by atoms with Gasteiger partial charge in [0.25, 0.3) is 0 Å². The molecule has 20 heavy (non-hydrogen) atoms. The Bertz CT molecular complexity index is 567. The molecule has 0 saturated carbocycles. The third-order valence-electron chi connectivity index (χ3n) is 3.82. The second kappa shape index (κ2) is 5.73. The van der Waals surface area contributed by atoms with Crippen LogP contribution in [-0.4, -0.2) is 39.9 Å². The minimum absolute atomic E-state index is 0.382. The van der Waals surface area contributed by atoms with E-state index in [9.17, 15) is 0 Å². The zero-order valence-corrected chi connectivity index (χ0v) is 12.0. The molecule has 0 unspecified atom stereocenters. The molecule has 106 valence electrons. The Balaban J connectivity index is 1.79. The molecule has 5 heteroatoms. The Morgan fingerprint density at radius 2 is 2.30 bits per heavy atom. The maximum Gasteiger partial charge on any atom is 0.0558 e. The van der Waals surface area contributed by atoms with Crippen LogP contribution >= 0.6 is 0 Å². The van der Waals surface area contributed by atoms with Crippen molar-refractivity contribution in [3.63, 3.8) is 0 Å². The first-order valence-electron chi connectivity index (χ1n) is 6.89. The fourth-order valence-electron chi connectivity index (χ4n) is 3.05. The van der Waals surface area contributed by atoms with E-state index in [0.29, 0.717) is 5.92 Å². The molecule has 1 aliphatic rings. The summed E-state index contributed by atoms with van der Waals surface area (Å²) in [6.45, 7) is 3.59. The van der Waals surface area contributed by atoms with Crippen molar-refractivity contribution in [1.29, 1.82) is 0 Å². The van der Waals surface area contributed by atoms with Gasteiger partial charge in [0.1, 0.15) is 0 Å². The van der Waals surface area contributed by atoms with E-state index in [4.69, 9.17) is 4.74 Å². The third-order valence-corrected chi connectivity index (χ3v) is 3.82. The molecule has 0 radical (unpaired) electrons. The lowest BCUT2D eigenvalue weighted by molar-refractivity contribution is 0.132. The van der Waals surface area contributed by atoms with Crippen LogP contribution in [0.15, 0.2) is 30.7 Å². The van der Waals surface area contributed by atoms with Crippen LogP contribution in [-0.2, 0) is 24.9 Å². The molecule has 0 aromatic carbocycles. The van der Waals surface area contributed by atoms with E-state index in [1.54, 1.807) is 7.11 Å². The summed E-state index contributed by atoms with van der Waals surface area (Å²) in [6.07, 6.45) is 5.73. The quantitative estimate of drug-likeness (QED) is 0.847. The highest BCUT2D eigenvalue weighted by Gasteiger charge is 2.28. The zero-order chi connectivity index (χ0) is 13.9. The number of aromatic nitrogens is 3. The van der Waals surface area contributed by atoms with Crippen molar-refractivity contribution < 1.29 is 4.74 Å². The van der Waals surface area contributed by atoms with Crippen LogP contribution in [0.1, 0.15) is 22.7 Å². The maximum atomic E-state index is 5.38. The Morgan fingerprint density at radius 3 is 3.05 bits per heavy atom. The Hall–Kier alpha value is -1.72. The van der Waals surface area contributed by atoms with Crippen molar-refractivity contribution in [2.24, 2.45) is 7.05 Å². The fourth-order valence-corrected chi connectivity index (χ4v) is 3.05. The highest BCUT2D eigenvalue weighted by molar-refractivity contribution is 5.25. The standard InChI is InChI=1S/C15H20N4O/c1-18-15-13(7-17-18)9-19(10-14(15)11-20-2)8-12-4-3-5-16-6-12/h3-7,14H,8-11H2,1-2H3/t14-/m1/s1. The Labute approximate surface area is 119 Å². The van der Waals surface area contributed by atoms with Crippen LogP contribution in [0, 0.1) is 0 Å². The van der Waals surface area contributed by atoms with Gasteiger partial charge in [-0.3, -0.25) is 14.6 Å². The highest BCUT2D eigenvalue weighted by Crippen LogP contribution is 2.28. The number of ether oxygens (including phenoxy) is 1. The summed E-state index contributed by atoms with van der Waals surface area (Å²) in [5.74, 6) is 0.382. The number of hydrogen-bond acceptors (Lipinski definition) is 4. The number of pyridine rings is 1. The molecule has 3 rings (SSSR count). The average molecular weight is 272 g/mol. The Kier molecular flexibility index (Phi) is 3.80. The number of aryl methyl sites for hydroxylation is 1. The average Bonchev–Trinajstić information content (AvgIpc) is 2.82. The van der Waals surface area contributed by atoms with Crippen molar-refractivity contribution in [2.45, 2.75) is 19.0 Å². The summed E-state index contributed by atoms with van der Waals surface area (Å²) in [7, 11) is 3.77. The van der Waals surface area contributed by atoms with Crippen LogP contribution in [0.4, 0.5) is 0 Å². The van der Waals surface area contributed by atoms with Crippen molar-refractivity contribution in [3.05, 3.63) is 47.5 Å². The van der Waals surface area contributed by atoms with E-state index < -0.39 is 0 Å².